The highest BCUT2D eigenvalue weighted by Gasteiger charge is 2.15. The van der Waals surface area contributed by atoms with Gasteiger partial charge in [-0.15, -0.1) is 0 Å². The molecule has 0 saturated heterocycles. The number of hydrogen-bond donors (Lipinski definition) is 2. The molecule has 0 aliphatic carbocycles. The van der Waals surface area contributed by atoms with Crippen molar-refractivity contribution in [2.24, 2.45) is 0 Å². The number of carboxylic acids is 1. The molecule has 0 spiro atoms. The standard InChI is InChI=1S/C14H19NO4/c1-15(9-12(16)8-14(17)18)11-4-5-13-10(7-11)3-2-6-19-13/h4-5,7,12,16H,2-3,6,8-9H2,1H3,(H,17,18). The number of fused-ring (bicyclic) bond motifs is 1. The molecule has 104 valence electrons. The summed E-state index contributed by atoms with van der Waals surface area (Å²) in [6.07, 6.45) is 0.907. The van der Waals surface area contributed by atoms with Crippen molar-refractivity contribution in [1.82, 2.24) is 0 Å². The minimum absolute atomic E-state index is 0.238. The Bertz CT molecular complexity index is 461. The van der Waals surface area contributed by atoms with Gasteiger partial charge >= 0.3 is 5.97 Å². The zero-order valence-corrected chi connectivity index (χ0v) is 11.0. The Morgan fingerprint density at radius 2 is 2.32 bits per heavy atom. The van der Waals surface area contributed by atoms with Crippen LogP contribution >= 0.6 is 0 Å². The van der Waals surface area contributed by atoms with Gasteiger partial charge in [-0.25, -0.2) is 0 Å². The summed E-state index contributed by atoms with van der Waals surface area (Å²) in [7, 11) is 1.84. The smallest absolute Gasteiger partial charge is 0.306 e. The maximum Gasteiger partial charge on any atom is 0.306 e. The average molecular weight is 265 g/mol. The first kappa shape index (κ1) is 13.7. The summed E-state index contributed by atoms with van der Waals surface area (Å²) in [4.78, 5) is 12.4. The van der Waals surface area contributed by atoms with E-state index in [1.54, 1.807) is 0 Å². The Hall–Kier alpha value is -1.75. The maximum absolute atomic E-state index is 10.5. The van der Waals surface area contributed by atoms with Crippen LogP contribution in [0.5, 0.6) is 5.75 Å². The second-order valence-corrected chi connectivity index (χ2v) is 4.88. The van der Waals surface area contributed by atoms with E-state index in [-0.39, 0.29) is 6.42 Å². The lowest BCUT2D eigenvalue weighted by molar-refractivity contribution is -0.139. The highest BCUT2D eigenvalue weighted by atomic mass is 16.5. The topological polar surface area (TPSA) is 70.0 Å². The summed E-state index contributed by atoms with van der Waals surface area (Å²) in [6, 6.07) is 5.91. The van der Waals surface area contributed by atoms with Crippen LogP contribution < -0.4 is 9.64 Å². The quantitative estimate of drug-likeness (QED) is 0.839. The van der Waals surface area contributed by atoms with E-state index in [4.69, 9.17) is 9.84 Å². The molecule has 1 aromatic rings. The monoisotopic (exact) mass is 265 g/mol. The Morgan fingerprint density at radius 3 is 3.05 bits per heavy atom. The Morgan fingerprint density at radius 1 is 1.53 bits per heavy atom. The van der Waals surface area contributed by atoms with Crippen molar-refractivity contribution in [3.8, 4) is 5.75 Å². The van der Waals surface area contributed by atoms with Crippen molar-refractivity contribution in [1.29, 1.82) is 0 Å². The molecule has 19 heavy (non-hydrogen) atoms. The zero-order valence-electron chi connectivity index (χ0n) is 11.0. The SMILES string of the molecule is CN(CC(O)CC(=O)O)c1ccc2c(c1)CCCO2. The van der Waals surface area contributed by atoms with Gasteiger partial charge in [0.25, 0.3) is 0 Å². The minimum Gasteiger partial charge on any atom is -0.493 e. The Labute approximate surface area is 112 Å². The van der Waals surface area contributed by atoms with Crippen LogP contribution in [-0.2, 0) is 11.2 Å². The normalized spacial score (nSPS) is 15.3. The summed E-state index contributed by atoms with van der Waals surface area (Å²) >= 11 is 0. The summed E-state index contributed by atoms with van der Waals surface area (Å²) in [5, 5.41) is 18.3. The lowest BCUT2D eigenvalue weighted by Gasteiger charge is -2.24. The van der Waals surface area contributed by atoms with Crippen LogP contribution in [0.25, 0.3) is 0 Å². The number of aliphatic hydroxyl groups is 1. The molecule has 1 aliphatic rings. The molecular formula is C14H19NO4. The molecule has 0 amide bonds. The number of nitrogens with zero attached hydrogens (tertiary/aromatic N) is 1. The molecule has 1 atom stereocenters. The van der Waals surface area contributed by atoms with E-state index in [0.29, 0.717) is 6.54 Å². The van der Waals surface area contributed by atoms with E-state index in [1.807, 2.05) is 30.1 Å². The molecule has 0 fully saturated rings. The van der Waals surface area contributed by atoms with Gasteiger partial charge in [-0.05, 0) is 36.6 Å². The van der Waals surface area contributed by atoms with Crippen LogP contribution in [0, 0.1) is 0 Å². The van der Waals surface area contributed by atoms with Crippen LogP contribution in [0.15, 0.2) is 18.2 Å². The van der Waals surface area contributed by atoms with Crippen LogP contribution in [-0.4, -0.2) is 42.5 Å². The largest absolute Gasteiger partial charge is 0.493 e. The highest BCUT2D eigenvalue weighted by Crippen LogP contribution is 2.28. The number of hydrogen-bond acceptors (Lipinski definition) is 4. The number of aliphatic carboxylic acids is 1. The van der Waals surface area contributed by atoms with Gasteiger partial charge in [0.2, 0.25) is 0 Å². The number of anilines is 1. The molecule has 0 bridgehead atoms. The van der Waals surface area contributed by atoms with Crippen LogP contribution in [0.3, 0.4) is 0 Å². The number of likely N-dealkylation sites (N-methyl/N-ethyl adjacent to an activating group) is 1. The van der Waals surface area contributed by atoms with Gasteiger partial charge < -0.3 is 19.8 Å². The van der Waals surface area contributed by atoms with E-state index in [1.165, 1.54) is 5.56 Å². The maximum atomic E-state index is 10.5. The third-order valence-corrected chi connectivity index (χ3v) is 3.23. The molecule has 2 rings (SSSR count). The first-order valence-corrected chi connectivity index (χ1v) is 6.43. The van der Waals surface area contributed by atoms with Gasteiger partial charge in [-0.1, -0.05) is 0 Å². The Kier molecular flexibility index (Phi) is 4.27. The molecule has 2 N–H and O–H groups in total. The molecule has 0 aromatic heterocycles. The van der Waals surface area contributed by atoms with E-state index in [9.17, 15) is 9.90 Å². The lowest BCUT2D eigenvalue weighted by Crippen LogP contribution is -2.30. The number of ether oxygens (including phenoxy) is 1. The second kappa shape index (κ2) is 5.93. The summed E-state index contributed by atoms with van der Waals surface area (Å²) in [6.45, 7) is 1.06. The van der Waals surface area contributed by atoms with Crippen LogP contribution in [0.1, 0.15) is 18.4 Å². The van der Waals surface area contributed by atoms with Gasteiger partial charge in [-0.3, -0.25) is 4.79 Å². The lowest BCUT2D eigenvalue weighted by atomic mass is 10.1. The van der Waals surface area contributed by atoms with Crippen LogP contribution in [0.4, 0.5) is 5.69 Å². The molecule has 0 saturated carbocycles. The number of benzene rings is 1. The van der Waals surface area contributed by atoms with Gasteiger partial charge in [-0.2, -0.15) is 0 Å². The van der Waals surface area contributed by atoms with E-state index in [2.05, 4.69) is 0 Å². The second-order valence-electron chi connectivity index (χ2n) is 4.88. The van der Waals surface area contributed by atoms with Gasteiger partial charge in [0.1, 0.15) is 5.75 Å². The van der Waals surface area contributed by atoms with Crippen molar-refractivity contribution in [2.45, 2.75) is 25.4 Å². The molecule has 1 unspecified atom stereocenters. The number of carbonyl (C=O) groups is 1. The molecule has 1 aromatic carbocycles. The van der Waals surface area contributed by atoms with E-state index >= 15 is 0 Å². The van der Waals surface area contributed by atoms with Crippen molar-refractivity contribution in [3.05, 3.63) is 23.8 Å². The van der Waals surface area contributed by atoms with Crippen LogP contribution in [0.2, 0.25) is 0 Å². The van der Waals surface area contributed by atoms with Gasteiger partial charge in [0.05, 0.1) is 19.1 Å². The highest BCUT2D eigenvalue weighted by molar-refractivity contribution is 5.67. The fourth-order valence-electron chi connectivity index (χ4n) is 2.27. The van der Waals surface area contributed by atoms with Crippen molar-refractivity contribution >= 4 is 11.7 Å². The molecule has 5 nitrogen and oxygen atoms in total. The fraction of sp³-hybridized carbons (Fsp3) is 0.500. The fourth-order valence-corrected chi connectivity index (χ4v) is 2.27. The Balaban J connectivity index is 2.02. The predicted octanol–water partition coefficient (Wildman–Crippen LogP) is 1.28. The summed E-state index contributed by atoms with van der Waals surface area (Å²) in [5.41, 5.74) is 2.14. The first-order chi connectivity index (χ1) is 9.06. The summed E-state index contributed by atoms with van der Waals surface area (Å²) < 4.78 is 5.55. The van der Waals surface area contributed by atoms with Crippen molar-refractivity contribution in [3.63, 3.8) is 0 Å². The zero-order chi connectivity index (χ0) is 13.8. The van der Waals surface area contributed by atoms with Crippen molar-refractivity contribution in [2.75, 3.05) is 25.1 Å². The number of rotatable bonds is 5. The van der Waals surface area contributed by atoms with E-state index in [0.717, 1.165) is 30.9 Å². The third kappa shape index (κ3) is 3.61. The molecule has 5 heteroatoms. The number of aliphatic hydroxyl groups excluding tert-OH is 1. The van der Waals surface area contributed by atoms with E-state index < -0.39 is 12.1 Å². The molecule has 1 heterocycles. The average Bonchev–Trinajstić information content (AvgIpc) is 2.37. The molecule has 1 aliphatic heterocycles. The van der Waals surface area contributed by atoms with Crippen molar-refractivity contribution < 1.29 is 19.7 Å². The molecule has 0 radical (unpaired) electrons. The summed E-state index contributed by atoms with van der Waals surface area (Å²) in [5.74, 6) is -0.0609. The third-order valence-electron chi connectivity index (χ3n) is 3.23. The number of aryl methyl sites for hydroxylation is 1. The minimum atomic E-state index is -0.986. The molecular weight excluding hydrogens is 246 g/mol. The van der Waals surface area contributed by atoms with Gasteiger partial charge in [0.15, 0.2) is 0 Å². The predicted molar refractivity (Wildman–Crippen MR) is 71.8 cm³/mol. The number of carboxylic acid groups (broad SMARTS) is 1. The first-order valence-electron chi connectivity index (χ1n) is 6.43. The van der Waals surface area contributed by atoms with Gasteiger partial charge in [0, 0.05) is 19.3 Å².